The van der Waals surface area contributed by atoms with E-state index in [1.165, 1.54) is 0 Å². The molecule has 5 nitrogen and oxygen atoms in total. The van der Waals surface area contributed by atoms with Crippen LogP contribution in [-0.4, -0.2) is 9.97 Å². The molecule has 4 aromatic rings. The summed E-state index contributed by atoms with van der Waals surface area (Å²) in [5.41, 5.74) is 4.43. The van der Waals surface area contributed by atoms with E-state index in [0.29, 0.717) is 17.6 Å². The maximum atomic E-state index is 6.19. The van der Waals surface area contributed by atoms with E-state index >= 15 is 0 Å². The molecule has 0 aliphatic heterocycles. The molecular formula is C23H23N3O2. The molecule has 142 valence electrons. The van der Waals surface area contributed by atoms with Crippen LogP contribution in [0.1, 0.15) is 31.9 Å². The van der Waals surface area contributed by atoms with Gasteiger partial charge in [0.25, 0.3) is 6.01 Å². The molecule has 0 spiro atoms. The molecule has 2 aromatic heterocycles. The van der Waals surface area contributed by atoms with E-state index in [0.717, 1.165) is 28.0 Å². The lowest BCUT2D eigenvalue weighted by Crippen LogP contribution is -2.12. The smallest absolute Gasteiger partial charge is 0.300 e. The van der Waals surface area contributed by atoms with E-state index in [1.54, 1.807) is 6.20 Å². The average Bonchev–Trinajstić information content (AvgIpc) is 3.04. The van der Waals surface area contributed by atoms with E-state index in [2.05, 4.69) is 42.1 Å². The van der Waals surface area contributed by atoms with Crippen LogP contribution in [0.15, 0.2) is 65.2 Å². The Morgan fingerprint density at radius 1 is 1.00 bits per heavy atom. The quantitative estimate of drug-likeness (QED) is 0.451. The Balaban J connectivity index is 1.66. The Morgan fingerprint density at radius 2 is 1.82 bits per heavy atom. The van der Waals surface area contributed by atoms with Gasteiger partial charge in [-0.1, -0.05) is 45.0 Å². The van der Waals surface area contributed by atoms with Crippen molar-refractivity contribution < 1.29 is 9.15 Å². The number of anilines is 2. The summed E-state index contributed by atoms with van der Waals surface area (Å²) in [4.78, 5) is 8.90. The van der Waals surface area contributed by atoms with Crippen LogP contribution in [0.3, 0.4) is 0 Å². The summed E-state index contributed by atoms with van der Waals surface area (Å²) in [5.74, 6) is 1.25. The fraction of sp³-hybridized carbons (Fsp3) is 0.217. The predicted octanol–water partition coefficient (Wildman–Crippen LogP) is 6.36. The van der Waals surface area contributed by atoms with Crippen molar-refractivity contribution in [3.8, 4) is 11.6 Å². The van der Waals surface area contributed by atoms with E-state index in [-0.39, 0.29) is 5.41 Å². The minimum absolute atomic E-state index is 0.0445. The van der Waals surface area contributed by atoms with Crippen LogP contribution in [0.5, 0.6) is 11.6 Å². The van der Waals surface area contributed by atoms with E-state index in [1.807, 2.05) is 55.5 Å². The Kier molecular flexibility index (Phi) is 4.51. The van der Waals surface area contributed by atoms with Gasteiger partial charge in [-0.25, -0.2) is 4.98 Å². The molecule has 4 rings (SSSR count). The monoisotopic (exact) mass is 373 g/mol. The fourth-order valence-electron chi connectivity index (χ4n) is 3.05. The number of oxazole rings is 1. The van der Waals surface area contributed by atoms with Crippen LogP contribution >= 0.6 is 0 Å². The topological polar surface area (TPSA) is 60.2 Å². The number of aryl methyl sites for hydroxylation is 1. The van der Waals surface area contributed by atoms with Gasteiger partial charge in [-0.15, -0.1) is 0 Å². The standard InChI is InChI=1S/C23H23N3O2/c1-15-11-12-17-20(14-15)28-22(25-17)26-18-9-7-13-24-21(18)27-19-10-6-5-8-16(19)23(2,3)4/h5-14H,1-4H3,(H,25,26). The second-order valence-electron chi connectivity index (χ2n) is 7.82. The van der Waals surface area contributed by atoms with Crippen LogP contribution in [0.25, 0.3) is 11.1 Å². The molecule has 0 saturated carbocycles. The number of pyridine rings is 1. The number of ether oxygens (including phenoxy) is 1. The van der Waals surface area contributed by atoms with Gasteiger partial charge < -0.3 is 14.5 Å². The fourth-order valence-corrected chi connectivity index (χ4v) is 3.05. The first-order valence-electron chi connectivity index (χ1n) is 9.27. The molecule has 0 aliphatic rings. The third-order valence-electron chi connectivity index (χ3n) is 4.46. The van der Waals surface area contributed by atoms with Gasteiger partial charge >= 0.3 is 0 Å². The lowest BCUT2D eigenvalue weighted by Gasteiger charge is -2.22. The zero-order valence-corrected chi connectivity index (χ0v) is 16.5. The van der Waals surface area contributed by atoms with Crippen LogP contribution in [0.2, 0.25) is 0 Å². The highest BCUT2D eigenvalue weighted by Crippen LogP contribution is 2.36. The van der Waals surface area contributed by atoms with Crippen LogP contribution in [0, 0.1) is 6.92 Å². The Hall–Kier alpha value is -3.34. The van der Waals surface area contributed by atoms with Gasteiger partial charge in [-0.05, 0) is 48.2 Å². The molecule has 0 amide bonds. The third-order valence-corrected chi connectivity index (χ3v) is 4.46. The zero-order chi connectivity index (χ0) is 19.7. The molecule has 0 bridgehead atoms. The first-order chi connectivity index (χ1) is 13.4. The summed E-state index contributed by atoms with van der Waals surface area (Å²) in [5, 5.41) is 3.19. The highest BCUT2D eigenvalue weighted by atomic mass is 16.5. The van der Waals surface area contributed by atoms with Crippen molar-refractivity contribution >= 4 is 22.8 Å². The molecule has 5 heteroatoms. The molecule has 28 heavy (non-hydrogen) atoms. The molecule has 0 aliphatic carbocycles. The number of fused-ring (bicyclic) bond motifs is 1. The number of aromatic nitrogens is 2. The zero-order valence-electron chi connectivity index (χ0n) is 16.5. The molecular weight excluding hydrogens is 350 g/mol. The van der Waals surface area contributed by atoms with E-state index in [9.17, 15) is 0 Å². The molecule has 2 heterocycles. The third kappa shape index (κ3) is 3.69. The lowest BCUT2D eigenvalue weighted by atomic mass is 9.86. The van der Waals surface area contributed by atoms with Gasteiger partial charge in [0.1, 0.15) is 17.0 Å². The first kappa shape index (κ1) is 18.0. The van der Waals surface area contributed by atoms with Crippen molar-refractivity contribution in [1.29, 1.82) is 0 Å². The van der Waals surface area contributed by atoms with Crippen molar-refractivity contribution in [2.75, 3.05) is 5.32 Å². The van der Waals surface area contributed by atoms with Gasteiger partial charge in [-0.2, -0.15) is 4.98 Å². The molecule has 0 unspecified atom stereocenters. The van der Waals surface area contributed by atoms with Crippen molar-refractivity contribution in [2.45, 2.75) is 33.1 Å². The first-order valence-corrected chi connectivity index (χ1v) is 9.27. The highest BCUT2D eigenvalue weighted by molar-refractivity contribution is 5.76. The van der Waals surface area contributed by atoms with Crippen molar-refractivity contribution in [2.24, 2.45) is 0 Å². The average molecular weight is 373 g/mol. The Labute approximate surface area is 164 Å². The SMILES string of the molecule is Cc1ccc2nc(Nc3cccnc3Oc3ccccc3C(C)(C)C)oc2c1. The predicted molar refractivity (Wildman–Crippen MR) is 111 cm³/mol. The second-order valence-corrected chi connectivity index (χ2v) is 7.82. The van der Waals surface area contributed by atoms with Crippen molar-refractivity contribution in [3.63, 3.8) is 0 Å². The van der Waals surface area contributed by atoms with Crippen LogP contribution in [0.4, 0.5) is 11.7 Å². The van der Waals surface area contributed by atoms with Gasteiger partial charge in [0.15, 0.2) is 5.58 Å². The molecule has 1 N–H and O–H groups in total. The number of benzene rings is 2. The molecule has 0 saturated heterocycles. The van der Waals surface area contributed by atoms with Gasteiger partial charge in [0, 0.05) is 11.8 Å². The van der Waals surface area contributed by atoms with Gasteiger partial charge in [-0.3, -0.25) is 0 Å². The number of hydrogen-bond donors (Lipinski definition) is 1. The number of hydrogen-bond acceptors (Lipinski definition) is 5. The minimum atomic E-state index is -0.0445. The Morgan fingerprint density at radius 3 is 2.64 bits per heavy atom. The number of para-hydroxylation sites is 1. The normalized spacial score (nSPS) is 11.6. The summed E-state index contributed by atoms with van der Waals surface area (Å²) >= 11 is 0. The summed E-state index contributed by atoms with van der Waals surface area (Å²) in [6, 6.07) is 18.1. The number of nitrogens with zero attached hydrogens (tertiary/aromatic N) is 2. The number of nitrogens with one attached hydrogen (secondary N) is 1. The second kappa shape index (κ2) is 7.00. The maximum absolute atomic E-state index is 6.19. The molecule has 2 aromatic carbocycles. The maximum Gasteiger partial charge on any atom is 0.300 e. The van der Waals surface area contributed by atoms with E-state index < -0.39 is 0 Å². The molecule has 0 fully saturated rings. The van der Waals surface area contributed by atoms with Crippen molar-refractivity contribution in [1.82, 2.24) is 9.97 Å². The Bertz CT molecular complexity index is 1130. The summed E-state index contributed by atoms with van der Waals surface area (Å²) in [7, 11) is 0. The number of rotatable bonds is 4. The largest absolute Gasteiger partial charge is 0.437 e. The summed E-state index contributed by atoms with van der Waals surface area (Å²) in [6.07, 6.45) is 1.70. The molecule has 0 radical (unpaired) electrons. The van der Waals surface area contributed by atoms with Gasteiger partial charge in [0.05, 0.1) is 0 Å². The van der Waals surface area contributed by atoms with Crippen LogP contribution in [-0.2, 0) is 5.41 Å². The van der Waals surface area contributed by atoms with E-state index in [4.69, 9.17) is 9.15 Å². The van der Waals surface area contributed by atoms with Crippen molar-refractivity contribution in [3.05, 3.63) is 71.9 Å². The molecule has 0 atom stereocenters. The van der Waals surface area contributed by atoms with Crippen LogP contribution < -0.4 is 10.1 Å². The van der Waals surface area contributed by atoms with Gasteiger partial charge in [0.2, 0.25) is 5.88 Å². The highest BCUT2D eigenvalue weighted by Gasteiger charge is 2.20. The minimum Gasteiger partial charge on any atom is -0.437 e. The summed E-state index contributed by atoms with van der Waals surface area (Å²) in [6.45, 7) is 8.50. The summed E-state index contributed by atoms with van der Waals surface area (Å²) < 4.78 is 12.0. The lowest BCUT2D eigenvalue weighted by molar-refractivity contribution is 0.441.